The van der Waals surface area contributed by atoms with Gasteiger partial charge in [-0.25, -0.2) is 18.9 Å². The van der Waals surface area contributed by atoms with E-state index in [0.717, 1.165) is 32.0 Å². The second-order valence-electron chi connectivity index (χ2n) is 7.78. The number of rotatable bonds is 2. The maximum Gasteiger partial charge on any atom is 0.419 e. The fraction of sp³-hybridized carbons (Fsp3) is 0.368. The highest BCUT2D eigenvalue weighted by Crippen LogP contribution is 2.36. The molecular weight excluding hydrogens is 362 g/mol. The highest BCUT2D eigenvalue weighted by atomic mass is 32.1. The Hall–Kier alpha value is -2.74. The van der Waals surface area contributed by atoms with Gasteiger partial charge in [-0.3, -0.25) is 0 Å². The molecule has 0 amide bonds. The van der Waals surface area contributed by atoms with Crippen LogP contribution in [0.1, 0.15) is 46.1 Å². The zero-order valence-electron chi connectivity index (χ0n) is 15.9. The van der Waals surface area contributed by atoms with Crippen molar-refractivity contribution in [1.82, 2.24) is 24.4 Å². The van der Waals surface area contributed by atoms with E-state index in [2.05, 4.69) is 24.2 Å². The van der Waals surface area contributed by atoms with Gasteiger partial charge in [0, 0.05) is 23.5 Å². The predicted molar refractivity (Wildman–Crippen MR) is 105 cm³/mol. The Morgan fingerprint density at radius 3 is 2.70 bits per heavy atom. The molecule has 0 spiro atoms. The van der Waals surface area contributed by atoms with Gasteiger partial charge in [0.25, 0.3) is 0 Å². The number of carbonyl (C=O) groups is 1. The van der Waals surface area contributed by atoms with Crippen molar-refractivity contribution in [2.75, 3.05) is 0 Å². The maximum atomic E-state index is 12.7. The Balaban J connectivity index is 1.84. The van der Waals surface area contributed by atoms with Crippen molar-refractivity contribution in [2.24, 2.45) is 0 Å². The second-order valence-corrected chi connectivity index (χ2v) is 8.76. The van der Waals surface area contributed by atoms with E-state index in [1.165, 1.54) is 11.3 Å². The van der Waals surface area contributed by atoms with E-state index in [9.17, 15) is 4.79 Å². The van der Waals surface area contributed by atoms with Crippen molar-refractivity contribution in [3.05, 3.63) is 36.3 Å². The molecule has 27 heavy (non-hydrogen) atoms. The molecule has 4 aromatic rings. The van der Waals surface area contributed by atoms with Crippen LogP contribution in [-0.4, -0.2) is 36.1 Å². The molecular formula is C19H21N5O2S. The van der Waals surface area contributed by atoms with E-state index >= 15 is 0 Å². The molecule has 4 aromatic heterocycles. The third kappa shape index (κ3) is 3.21. The predicted octanol–water partition coefficient (Wildman–Crippen LogP) is 4.71. The van der Waals surface area contributed by atoms with Crippen molar-refractivity contribution in [3.8, 4) is 10.6 Å². The van der Waals surface area contributed by atoms with E-state index in [-0.39, 0.29) is 12.0 Å². The molecule has 7 nitrogen and oxygen atoms in total. The molecule has 0 saturated carbocycles. The van der Waals surface area contributed by atoms with Crippen LogP contribution in [0.25, 0.3) is 26.4 Å². The van der Waals surface area contributed by atoms with E-state index < -0.39 is 5.60 Å². The lowest BCUT2D eigenvalue weighted by Crippen LogP contribution is -2.26. The van der Waals surface area contributed by atoms with Gasteiger partial charge in [-0.1, -0.05) is 30.4 Å². The summed E-state index contributed by atoms with van der Waals surface area (Å²) >= 11 is 1.47. The molecule has 140 valence electrons. The summed E-state index contributed by atoms with van der Waals surface area (Å²) in [5.74, 6) is 0.240. The van der Waals surface area contributed by atoms with Crippen LogP contribution in [0.3, 0.4) is 0 Å². The van der Waals surface area contributed by atoms with Gasteiger partial charge in [-0.2, -0.15) is 0 Å². The van der Waals surface area contributed by atoms with Crippen LogP contribution in [0.15, 0.2) is 30.7 Å². The first-order chi connectivity index (χ1) is 12.7. The summed E-state index contributed by atoms with van der Waals surface area (Å²) in [6.07, 6.45) is 5.06. The summed E-state index contributed by atoms with van der Waals surface area (Å²) in [7, 11) is 0. The fourth-order valence-electron chi connectivity index (χ4n) is 2.86. The number of fused-ring (bicyclic) bond motifs is 2. The minimum Gasteiger partial charge on any atom is -0.443 e. The molecule has 0 bridgehead atoms. The minimum absolute atomic E-state index is 0.240. The molecule has 0 radical (unpaired) electrons. The van der Waals surface area contributed by atoms with Gasteiger partial charge in [0.1, 0.15) is 21.0 Å². The zero-order chi connectivity index (χ0) is 19.3. The Morgan fingerprint density at radius 1 is 1.22 bits per heavy atom. The summed E-state index contributed by atoms with van der Waals surface area (Å²) in [5, 5.41) is 8.78. The molecule has 0 aliphatic heterocycles. The monoisotopic (exact) mass is 383 g/mol. The number of nitrogens with zero attached hydrogens (tertiary/aromatic N) is 5. The van der Waals surface area contributed by atoms with E-state index in [1.807, 2.05) is 45.3 Å². The highest BCUT2D eigenvalue weighted by molar-refractivity contribution is 7.21. The van der Waals surface area contributed by atoms with E-state index in [4.69, 9.17) is 9.72 Å². The second kappa shape index (κ2) is 6.16. The highest BCUT2D eigenvalue weighted by Gasteiger charge is 2.24. The van der Waals surface area contributed by atoms with Crippen molar-refractivity contribution in [1.29, 1.82) is 0 Å². The van der Waals surface area contributed by atoms with E-state index in [0.29, 0.717) is 0 Å². The topological polar surface area (TPSA) is 74.3 Å². The number of carbonyl (C=O) groups excluding carboxylic acids is 1. The van der Waals surface area contributed by atoms with Gasteiger partial charge >= 0.3 is 6.09 Å². The van der Waals surface area contributed by atoms with Crippen LogP contribution in [0.4, 0.5) is 4.79 Å². The molecule has 0 aromatic carbocycles. The molecule has 4 heterocycles. The average Bonchev–Trinajstić information content (AvgIpc) is 3.26. The normalized spacial score (nSPS) is 12.4. The third-order valence-corrected chi connectivity index (χ3v) is 5.23. The molecule has 0 fully saturated rings. The maximum absolute atomic E-state index is 12.7. The largest absolute Gasteiger partial charge is 0.443 e. The molecule has 0 aliphatic carbocycles. The number of thiazole rings is 1. The molecule has 0 unspecified atom stereocenters. The van der Waals surface area contributed by atoms with Gasteiger partial charge in [0.15, 0.2) is 0 Å². The van der Waals surface area contributed by atoms with Crippen LogP contribution in [-0.2, 0) is 4.74 Å². The van der Waals surface area contributed by atoms with Gasteiger partial charge < -0.3 is 4.74 Å². The van der Waals surface area contributed by atoms with Crippen molar-refractivity contribution in [2.45, 2.75) is 46.1 Å². The van der Waals surface area contributed by atoms with Gasteiger partial charge in [0.2, 0.25) is 0 Å². The Labute approximate surface area is 160 Å². The lowest BCUT2D eigenvalue weighted by atomic mass is 10.1. The van der Waals surface area contributed by atoms with Crippen molar-refractivity contribution >= 4 is 33.3 Å². The summed E-state index contributed by atoms with van der Waals surface area (Å²) in [4.78, 5) is 18.3. The molecule has 0 N–H and O–H groups in total. The first-order valence-corrected chi connectivity index (χ1v) is 9.60. The smallest absolute Gasteiger partial charge is 0.419 e. The standard InChI is InChI=1S/C19H21N5O2S/c1-11(2)14-10-23(18(25)26-19(3,4)5)17-15(14)21-16(27-17)12-6-7-13-8-20-22-24(13)9-12/h6-11H,1-5H3. The summed E-state index contributed by atoms with van der Waals surface area (Å²) in [6.45, 7) is 9.77. The fourth-order valence-corrected chi connectivity index (χ4v) is 3.91. The first-order valence-electron chi connectivity index (χ1n) is 8.78. The lowest BCUT2D eigenvalue weighted by molar-refractivity contribution is 0.0545. The minimum atomic E-state index is -0.558. The number of hydrogen-bond acceptors (Lipinski definition) is 6. The first kappa shape index (κ1) is 17.7. The van der Waals surface area contributed by atoms with Crippen molar-refractivity contribution in [3.63, 3.8) is 0 Å². The van der Waals surface area contributed by atoms with Gasteiger partial charge in [-0.15, -0.1) is 5.10 Å². The van der Waals surface area contributed by atoms with Crippen molar-refractivity contribution < 1.29 is 9.53 Å². The zero-order valence-corrected chi connectivity index (χ0v) is 16.7. The van der Waals surface area contributed by atoms with Crippen LogP contribution in [0.5, 0.6) is 0 Å². The van der Waals surface area contributed by atoms with Crippen LogP contribution in [0, 0.1) is 0 Å². The summed E-state index contributed by atoms with van der Waals surface area (Å²) < 4.78 is 8.86. The van der Waals surface area contributed by atoms with Gasteiger partial charge in [-0.05, 0) is 38.8 Å². The Bertz CT molecular complexity index is 1150. The molecule has 4 rings (SSSR count). The van der Waals surface area contributed by atoms with Gasteiger partial charge in [0.05, 0.1) is 11.7 Å². The Kier molecular flexibility index (Phi) is 4.03. The van der Waals surface area contributed by atoms with Crippen LogP contribution in [0.2, 0.25) is 0 Å². The number of aromatic nitrogens is 5. The lowest BCUT2D eigenvalue weighted by Gasteiger charge is -2.19. The van der Waals surface area contributed by atoms with Crippen LogP contribution < -0.4 is 0 Å². The average molecular weight is 383 g/mol. The molecule has 0 aliphatic rings. The number of pyridine rings is 1. The SMILES string of the molecule is CC(C)c1cn(C(=O)OC(C)(C)C)c2sc(-c3ccc4cnnn4c3)nc12. The molecule has 8 heteroatoms. The quantitative estimate of drug-likeness (QED) is 0.501. The third-order valence-electron chi connectivity index (χ3n) is 4.13. The summed E-state index contributed by atoms with van der Waals surface area (Å²) in [6, 6.07) is 3.94. The molecule has 0 atom stereocenters. The molecule has 0 saturated heterocycles. The van der Waals surface area contributed by atoms with E-state index in [1.54, 1.807) is 15.3 Å². The Morgan fingerprint density at radius 2 is 2.00 bits per heavy atom. The number of hydrogen-bond donors (Lipinski definition) is 0. The number of ether oxygens (including phenoxy) is 1. The summed E-state index contributed by atoms with van der Waals surface area (Å²) in [5.41, 5.74) is 3.16. The van der Waals surface area contributed by atoms with Crippen LogP contribution >= 0.6 is 11.3 Å².